The highest BCUT2D eigenvalue weighted by atomic mass is 19.1. The Labute approximate surface area is 217 Å². The van der Waals surface area contributed by atoms with Gasteiger partial charge < -0.3 is 20.9 Å². The van der Waals surface area contributed by atoms with E-state index in [1.54, 1.807) is 23.1 Å². The minimum Gasteiger partial charge on any atom is -0.368 e. The molecule has 1 aliphatic carbocycles. The number of halogens is 1. The highest BCUT2D eigenvalue weighted by Crippen LogP contribution is 2.37. The van der Waals surface area contributed by atoms with Crippen LogP contribution in [0.4, 0.5) is 4.39 Å². The predicted octanol–water partition coefficient (Wildman–Crippen LogP) is 4.73. The Morgan fingerprint density at radius 1 is 1.00 bits per heavy atom. The molecule has 2 heterocycles. The van der Waals surface area contributed by atoms with Gasteiger partial charge in [-0.05, 0) is 85.8 Å². The van der Waals surface area contributed by atoms with E-state index in [1.165, 1.54) is 34.7 Å². The summed E-state index contributed by atoms with van der Waals surface area (Å²) in [6.07, 6.45) is 11.1. The van der Waals surface area contributed by atoms with E-state index in [1.807, 2.05) is 0 Å². The lowest BCUT2D eigenvalue weighted by Gasteiger charge is -2.38. The summed E-state index contributed by atoms with van der Waals surface area (Å²) in [6.45, 7) is 1.19. The van der Waals surface area contributed by atoms with Crippen LogP contribution in [-0.4, -0.2) is 46.9 Å². The van der Waals surface area contributed by atoms with Gasteiger partial charge in [0.2, 0.25) is 11.8 Å². The third-order valence-electron chi connectivity index (χ3n) is 8.12. The highest BCUT2D eigenvalue weighted by Gasteiger charge is 2.34. The molecule has 3 aromatic rings. The van der Waals surface area contributed by atoms with Gasteiger partial charge in [0.1, 0.15) is 5.82 Å². The number of likely N-dealkylation sites (tertiary alicyclic amines) is 1. The van der Waals surface area contributed by atoms with Crippen molar-refractivity contribution in [3.8, 4) is 0 Å². The maximum atomic E-state index is 13.1. The molecule has 2 fully saturated rings. The minimum absolute atomic E-state index is 0.0676. The van der Waals surface area contributed by atoms with E-state index >= 15 is 0 Å². The molecule has 2 aliphatic rings. The SMILES string of the molecule is NC(=O)C(NC1CCC(c2c[nH]c3ccccc23)CC1)C1CCN(C(=O)C=Cc2ccc(F)cc2)CC1. The summed E-state index contributed by atoms with van der Waals surface area (Å²) in [5.74, 6) is -0.0281. The third kappa shape index (κ3) is 5.93. The van der Waals surface area contributed by atoms with E-state index in [0.717, 1.165) is 44.1 Å². The summed E-state index contributed by atoms with van der Waals surface area (Å²) >= 11 is 0. The molecule has 1 atom stereocenters. The van der Waals surface area contributed by atoms with Gasteiger partial charge in [-0.2, -0.15) is 0 Å². The zero-order valence-corrected chi connectivity index (χ0v) is 21.0. The standard InChI is InChI=1S/C30H35FN4O2/c31-23-10-5-20(6-11-23)7-14-28(36)35-17-15-22(16-18-35)29(30(32)37)34-24-12-8-21(9-13-24)26-19-33-27-4-2-1-3-25(26)27/h1-7,10-11,14,19,21-22,24,29,33-34H,8-9,12-13,15-18H2,(H2,32,37). The number of nitrogens with two attached hydrogens (primary N) is 1. The van der Waals surface area contributed by atoms with Crippen LogP contribution in [0.1, 0.15) is 55.6 Å². The Bertz CT molecular complexity index is 1250. The van der Waals surface area contributed by atoms with E-state index < -0.39 is 0 Å². The summed E-state index contributed by atoms with van der Waals surface area (Å²) in [5, 5.41) is 4.90. The number of hydrogen-bond acceptors (Lipinski definition) is 3. The van der Waals surface area contributed by atoms with E-state index in [0.29, 0.717) is 19.0 Å². The topological polar surface area (TPSA) is 91.2 Å². The Kier molecular flexibility index (Phi) is 7.70. The molecule has 37 heavy (non-hydrogen) atoms. The van der Waals surface area contributed by atoms with Gasteiger partial charge in [-0.15, -0.1) is 0 Å². The number of hydrogen-bond donors (Lipinski definition) is 3. The first kappa shape index (κ1) is 25.2. The molecule has 0 bridgehead atoms. The molecule has 1 saturated carbocycles. The lowest BCUT2D eigenvalue weighted by Crippen LogP contribution is -2.54. The molecule has 6 nitrogen and oxygen atoms in total. The number of aromatic nitrogens is 1. The van der Waals surface area contributed by atoms with Crippen LogP contribution in [0.15, 0.2) is 60.8 Å². The fourth-order valence-electron chi connectivity index (χ4n) is 6.01. The molecule has 1 saturated heterocycles. The second-order valence-electron chi connectivity index (χ2n) is 10.4. The first-order chi connectivity index (χ1) is 18.0. The lowest BCUT2D eigenvalue weighted by molar-refractivity contribution is -0.128. The van der Waals surface area contributed by atoms with Crippen LogP contribution in [-0.2, 0) is 9.59 Å². The van der Waals surface area contributed by atoms with Gasteiger partial charge in [-0.1, -0.05) is 30.3 Å². The lowest BCUT2D eigenvalue weighted by atomic mass is 9.80. The largest absolute Gasteiger partial charge is 0.368 e. The van der Waals surface area contributed by atoms with Crippen molar-refractivity contribution in [3.05, 3.63) is 77.7 Å². The Hall–Kier alpha value is -3.45. The van der Waals surface area contributed by atoms with Crippen LogP contribution in [0.25, 0.3) is 17.0 Å². The minimum atomic E-state index is -0.373. The zero-order chi connectivity index (χ0) is 25.8. The molecule has 1 aliphatic heterocycles. The quantitative estimate of drug-likeness (QED) is 0.408. The maximum Gasteiger partial charge on any atom is 0.246 e. The Balaban J connectivity index is 1.12. The first-order valence-electron chi connectivity index (χ1n) is 13.3. The highest BCUT2D eigenvalue weighted by molar-refractivity contribution is 5.92. The van der Waals surface area contributed by atoms with Crippen LogP contribution in [0.2, 0.25) is 0 Å². The van der Waals surface area contributed by atoms with Crippen LogP contribution >= 0.6 is 0 Å². The van der Waals surface area contributed by atoms with Gasteiger partial charge in [0.05, 0.1) is 6.04 Å². The smallest absolute Gasteiger partial charge is 0.246 e. The summed E-state index contributed by atoms with van der Waals surface area (Å²) in [7, 11) is 0. The number of para-hydroxylation sites is 1. The average Bonchev–Trinajstić information content (AvgIpc) is 3.36. The van der Waals surface area contributed by atoms with Gasteiger partial charge in [-0.3, -0.25) is 9.59 Å². The van der Waals surface area contributed by atoms with Crippen LogP contribution in [0.3, 0.4) is 0 Å². The Morgan fingerprint density at radius 3 is 2.41 bits per heavy atom. The molecule has 0 spiro atoms. The van der Waals surface area contributed by atoms with Crippen LogP contribution in [0, 0.1) is 11.7 Å². The number of nitrogens with one attached hydrogen (secondary N) is 2. The van der Waals surface area contributed by atoms with Crippen molar-refractivity contribution in [2.24, 2.45) is 11.7 Å². The molecular formula is C30H35FN4O2. The molecule has 7 heteroatoms. The molecule has 5 rings (SSSR count). The van der Waals surface area contributed by atoms with Crippen molar-refractivity contribution >= 4 is 28.8 Å². The fourth-order valence-corrected chi connectivity index (χ4v) is 6.01. The molecule has 194 valence electrons. The van der Waals surface area contributed by atoms with Crippen molar-refractivity contribution in [3.63, 3.8) is 0 Å². The Morgan fingerprint density at radius 2 is 1.70 bits per heavy atom. The molecule has 1 unspecified atom stereocenters. The molecule has 4 N–H and O–H groups in total. The number of aromatic amines is 1. The van der Waals surface area contributed by atoms with Crippen molar-refractivity contribution < 1.29 is 14.0 Å². The second-order valence-corrected chi connectivity index (χ2v) is 10.4. The normalized spacial score (nSPS) is 21.9. The fraction of sp³-hybridized carbons (Fsp3) is 0.400. The molecule has 0 radical (unpaired) electrons. The summed E-state index contributed by atoms with van der Waals surface area (Å²) in [6, 6.07) is 14.4. The number of piperidine rings is 1. The number of rotatable bonds is 7. The maximum absolute atomic E-state index is 13.1. The number of primary amides is 1. The second kappa shape index (κ2) is 11.3. The molecule has 2 aromatic carbocycles. The monoisotopic (exact) mass is 502 g/mol. The summed E-state index contributed by atoms with van der Waals surface area (Å²) < 4.78 is 13.1. The number of benzene rings is 2. The van der Waals surface area contributed by atoms with Gasteiger partial charge in [0.15, 0.2) is 0 Å². The van der Waals surface area contributed by atoms with Gasteiger partial charge in [0.25, 0.3) is 0 Å². The molecule has 1 aromatic heterocycles. The number of nitrogens with zero attached hydrogens (tertiary/aromatic N) is 1. The zero-order valence-electron chi connectivity index (χ0n) is 21.0. The number of H-pyrrole nitrogens is 1. The van der Waals surface area contributed by atoms with E-state index in [4.69, 9.17) is 5.73 Å². The summed E-state index contributed by atoms with van der Waals surface area (Å²) in [4.78, 5) is 30.2. The number of amides is 2. The molecule has 2 amide bonds. The van der Waals surface area contributed by atoms with E-state index in [-0.39, 0.29) is 35.6 Å². The van der Waals surface area contributed by atoms with Crippen molar-refractivity contribution in [2.75, 3.05) is 13.1 Å². The number of carbonyl (C=O) groups excluding carboxylic acids is 2. The van der Waals surface area contributed by atoms with E-state index in [9.17, 15) is 14.0 Å². The third-order valence-corrected chi connectivity index (χ3v) is 8.12. The van der Waals surface area contributed by atoms with Crippen molar-refractivity contribution in [1.29, 1.82) is 0 Å². The number of carbonyl (C=O) groups is 2. The van der Waals surface area contributed by atoms with Crippen LogP contribution in [0.5, 0.6) is 0 Å². The van der Waals surface area contributed by atoms with Crippen molar-refractivity contribution in [1.82, 2.24) is 15.2 Å². The average molecular weight is 503 g/mol. The van der Waals surface area contributed by atoms with Crippen molar-refractivity contribution in [2.45, 2.75) is 56.5 Å². The van der Waals surface area contributed by atoms with E-state index in [2.05, 4.69) is 40.8 Å². The van der Waals surface area contributed by atoms with Crippen LogP contribution < -0.4 is 11.1 Å². The van der Waals surface area contributed by atoms with Gasteiger partial charge >= 0.3 is 0 Å². The summed E-state index contributed by atoms with van der Waals surface area (Å²) in [5.41, 5.74) is 9.20. The van der Waals surface area contributed by atoms with Gasteiger partial charge in [-0.25, -0.2) is 4.39 Å². The molecular weight excluding hydrogens is 467 g/mol. The predicted molar refractivity (Wildman–Crippen MR) is 144 cm³/mol. The number of fused-ring (bicyclic) bond motifs is 1. The van der Waals surface area contributed by atoms with Gasteiger partial charge in [0, 0.05) is 42.3 Å². The first-order valence-corrected chi connectivity index (χ1v) is 13.3.